The van der Waals surface area contributed by atoms with E-state index in [-0.39, 0.29) is 50.1 Å². The Hall–Kier alpha value is -6.19. The molecule has 6 aromatic rings. The van der Waals surface area contributed by atoms with Crippen molar-refractivity contribution < 1.29 is 55.9 Å². The van der Waals surface area contributed by atoms with Gasteiger partial charge in [0.2, 0.25) is 26.8 Å². The van der Waals surface area contributed by atoms with Gasteiger partial charge in [-0.15, -0.1) is 10.2 Å². The summed E-state index contributed by atoms with van der Waals surface area (Å²) in [5.41, 5.74) is 5.28. The fourth-order valence-electron chi connectivity index (χ4n) is 7.19. The zero-order chi connectivity index (χ0) is 57.2. The quantitative estimate of drug-likeness (QED) is 0.0192. The highest BCUT2D eigenvalue weighted by Crippen LogP contribution is 2.42. The molecule has 4 aromatic heterocycles. The highest BCUT2D eigenvalue weighted by Gasteiger charge is 2.28. The Morgan fingerprint density at radius 2 is 1.09 bits per heavy atom. The highest BCUT2D eigenvalue weighted by atomic mass is 32.2. The van der Waals surface area contributed by atoms with Crippen LogP contribution in [0.4, 0.5) is 0 Å². The third kappa shape index (κ3) is 19.0. The molecule has 78 heavy (non-hydrogen) atoms. The Kier molecular flexibility index (Phi) is 23.4. The summed E-state index contributed by atoms with van der Waals surface area (Å²) in [6, 6.07) is 21.5. The molecule has 0 bridgehead atoms. The minimum atomic E-state index is -4.01. The fraction of sp³-hybridized carbons (Fsp3) is 0.481. The normalized spacial score (nSPS) is 11.8. The van der Waals surface area contributed by atoms with E-state index >= 15 is 0 Å². The summed E-state index contributed by atoms with van der Waals surface area (Å²) in [5, 5.41) is 8.89. The molecule has 0 spiro atoms. The van der Waals surface area contributed by atoms with Crippen LogP contribution in [0.3, 0.4) is 0 Å². The van der Waals surface area contributed by atoms with E-state index in [1.165, 1.54) is 30.7 Å². The van der Waals surface area contributed by atoms with Crippen LogP contribution < -0.4 is 18.9 Å². The zero-order valence-electron chi connectivity index (χ0n) is 47.4. The van der Waals surface area contributed by atoms with E-state index in [4.69, 9.17) is 33.2 Å². The molecule has 0 aliphatic rings. The van der Waals surface area contributed by atoms with E-state index in [1.807, 2.05) is 62.4 Å². The first-order chi connectivity index (χ1) is 36.9. The number of thioether (sulfide) groups is 1. The van der Waals surface area contributed by atoms with Crippen molar-refractivity contribution in [1.82, 2.24) is 39.5 Å². The third-order valence-electron chi connectivity index (χ3n) is 11.7. The smallest absolute Gasteiger partial charge is 0.323 e. The molecule has 0 fully saturated rings. The molecule has 0 amide bonds. The van der Waals surface area contributed by atoms with Crippen molar-refractivity contribution >= 4 is 49.7 Å². The van der Waals surface area contributed by atoms with Crippen molar-refractivity contribution in [2.24, 2.45) is 0 Å². The van der Waals surface area contributed by atoms with E-state index in [2.05, 4.69) is 94.1 Å². The summed E-state index contributed by atoms with van der Waals surface area (Å²) in [6.07, 6.45) is 3.30. The molecule has 0 saturated carbocycles. The topological polar surface area (TPSA) is 229 Å². The van der Waals surface area contributed by atoms with Gasteiger partial charge in [0.1, 0.15) is 25.0 Å². The van der Waals surface area contributed by atoms with Crippen LogP contribution in [0.25, 0.3) is 22.3 Å². The molecular weight excluding hydrogens is 1070 g/mol. The number of aromatic nitrogens is 8. The van der Waals surface area contributed by atoms with Crippen LogP contribution in [0.15, 0.2) is 83.4 Å². The first-order valence-electron chi connectivity index (χ1n) is 25.6. The van der Waals surface area contributed by atoms with Gasteiger partial charge in [-0.25, -0.2) is 18.4 Å². The van der Waals surface area contributed by atoms with Gasteiger partial charge in [-0.2, -0.15) is 19.3 Å². The second-order valence-corrected chi connectivity index (χ2v) is 35.3. The zero-order valence-corrected chi connectivity index (χ0v) is 51.1. The van der Waals surface area contributed by atoms with Gasteiger partial charge in [0.05, 0.1) is 47.0 Å². The molecule has 4 heterocycles. The predicted octanol–water partition coefficient (Wildman–Crippen LogP) is 11.1. The molecule has 20 nitrogen and oxygen atoms in total. The van der Waals surface area contributed by atoms with Crippen molar-refractivity contribution in [3.05, 3.63) is 84.2 Å². The molecule has 6 rings (SSSR count). The number of esters is 2. The lowest BCUT2D eigenvalue weighted by Gasteiger charge is -2.18. The second kappa shape index (κ2) is 29.1. The number of rotatable bonds is 28. The van der Waals surface area contributed by atoms with Crippen LogP contribution in [0.2, 0.25) is 51.4 Å². The van der Waals surface area contributed by atoms with Gasteiger partial charge in [0, 0.05) is 70.8 Å². The molecule has 0 N–H and O–H groups in total. The first kappa shape index (κ1) is 62.7. The van der Waals surface area contributed by atoms with E-state index in [0.717, 1.165) is 45.5 Å². The number of hydrogen-bond acceptors (Lipinski definition) is 19. The van der Waals surface area contributed by atoms with E-state index in [0.29, 0.717) is 53.4 Å². The number of carbonyl (C=O) groups excluding carboxylic acids is 2. The van der Waals surface area contributed by atoms with E-state index < -0.39 is 42.9 Å². The van der Waals surface area contributed by atoms with Crippen LogP contribution in [0.5, 0.6) is 35.3 Å². The van der Waals surface area contributed by atoms with Gasteiger partial charge in [0.15, 0.2) is 0 Å². The van der Waals surface area contributed by atoms with Crippen molar-refractivity contribution in [3.63, 3.8) is 0 Å². The standard InChI is InChI=1S/C27H38N4O7SSi.C27H38N4O5SSi/c1-19(2)21-9-8-10-22(20-11-13-28-23(17-20)35-3)25(21)38-27-29-26(39(33,34)15-12-24(32)36-4)30-31(27)18-37-14-16-40(5,6)7;1-19(2)21-9-8-10-22(20-11-13-28-23(17-20)33-3)25(21)36-27-29-26(37-15-12-24(32)34-4)30-31(27)18-35-14-16-38(5,6)7/h8-11,13,17,19H,12,14-16,18H2,1-7H3;8-11,13,17,19H,12,14-16,18H2,1-7H3. The summed E-state index contributed by atoms with van der Waals surface area (Å²) in [6.45, 7) is 23.3. The molecule has 2 aromatic carbocycles. The SMILES string of the molecule is COC(=O)CCS(=O)(=O)c1nc(Oc2c(-c3ccnc(OC)c3)cccc2C(C)C)n(COCC[Si](C)(C)C)n1.COC(=O)CCSc1nc(Oc2c(-c3ccnc(OC)c3)cccc2C(C)C)n(COCC[Si](C)(C)C)n1. The summed E-state index contributed by atoms with van der Waals surface area (Å²) in [5.74, 6) is 1.52. The molecule has 0 aliphatic heterocycles. The number of pyridine rings is 2. The van der Waals surface area contributed by atoms with Gasteiger partial charge in [-0.05, 0) is 58.3 Å². The number of nitrogens with zero attached hydrogens (tertiary/aromatic N) is 8. The molecular formula is C54H76N8O12S2Si2. The molecule has 0 aliphatic carbocycles. The van der Waals surface area contributed by atoms with Gasteiger partial charge in [-0.1, -0.05) is 115 Å². The summed E-state index contributed by atoms with van der Waals surface area (Å²) in [7, 11) is -0.871. The number of methoxy groups -OCH3 is 4. The number of sulfone groups is 1. The predicted molar refractivity (Wildman–Crippen MR) is 305 cm³/mol. The Labute approximate surface area is 465 Å². The Balaban J connectivity index is 0.000000288. The number of hydrogen-bond donors (Lipinski definition) is 0. The molecule has 424 valence electrons. The molecule has 0 atom stereocenters. The van der Waals surface area contributed by atoms with Crippen LogP contribution in [0, 0.1) is 0 Å². The van der Waals surface area contributed by atoms with E-state index in [9.17, 15) is 18.0 Å². The summed E-state index contributed by atoms with van der Waals surface area (Å²) < 4.78 is 73.7. The second-order valence-electron chi connectivity index (χ2n) is 21.0. The molecule has 24 heteroatoms. The van der Waals surface area contributed by atoms with Gasteiger partial charge < -0.3 is 37.9 Å². The first-order valence-corrected chi connectivity index (χ1v) is 35.7. The maximum atomic E-state index is 13.0. The summed E-state index contributed by atoms with van der Waals surface area (Å²) in [4.78, 5) is 40.5. The van der Waals surface area contributed by atoms with Gasteiger partial charge in [-0.3, -0.25) is 9.59 Å². The minimum absolute atomic E-state index is 0.0417. The van der Waals surface area contributed by atoms with Crippen molar-refractivity contribution in [3.8, 4) is 57.5 Å². The minimum Gasteiger partial charge on any atom is -0.481 e. The van der Waals surface area contributed by atoms with Crippen molar-refractivity contribution in [2.45, 2.75) is 128 Å². The van der Waals surface area contributed by atoms with Crippen molar-refractivity contribution in [1.29, 1.82) is 0 Å². The summed E-state index contributed by atoms with van der Waals surface area (Å²) >= 11 is 1.37. The maximum absolute atomic E-state index is 13.0. The maximum Gasteiger partial charge on any atom is 0.323 e. The van der Waals surface area contributed by atoms with Gasteiger partial charge >= 0.3 is 24.0 Å². The molecule has 0 radical (unpaired) electrons. The Bertz CT molecular complexity index is 3030. The van der Waals surface area contributed by atoms with Crippen LogP contribution >= 0.6 is 11.8 Å². The Morgan fingerprint density at radius 3 is 1.54 bits per heavy atom. The average Bonchev–Trinajstić information content (AvgIpc) is 4.06. The average molecular weight is 1150 g/mol. The third-order valence-corrected chi connectivity index (χ3v) is 17.5. The lowest BCUT2D eigenvalue weighted by molar-refractivity contribution is -0.141. The van der Waals surface area contributed by atoms with Crippen LogP contribution in [-0.4, -0.2) is 129 Å². The fourth-order valence-corrected chi connectivity index (χ4v) is 10.5. The molecule has 0 unspecified atom stereocenters. The van der Waals surface area contributed by atoms with Gasteiger partial charge in [0.25, 0.3) is 5.16 Å². The van der Waals surface area contributed by atoms with Crippen LogP contribution in [0.1, 0.15) is 63.5 Å². The lowest BCUT2D eigenvalue weighted by Crippen LogP contribution is -2.22. The van der Waals surface area contributed by atoms with Crippen molar-refractivity contribution in [2.75, 3.05) is 53.2 Å². The largest absolute Gasteiger partial charge is 0.481 e. The lowest BCUT2D eigenvalue weighted by atomic mass is 9.96. The monoisotopic (exact) mass is 1150 g/mol. The number of para-hydroxylation sites is 2. The number of benzene rings is 2. The number of carbonyl (C=O) groups is 2. The van der Waals surface area contributed by atoms with E-state index in [1.54, 1.807) is 37.4 Å². The Morgan fingerprint density at radius 1 is 0.628 bits per heavy atom. The van der Waals surface area contributed by atoms with Crippen LogP contribution in [-0.2, 0) is 51.8 Å². The highest BCUT2D eigenvalue weighted by molar-refractivity contribution is 7.99. The number of ether oxygens (including phenoxy) is 8. The molecule has 0 saturated heterocycles.